The van der Waals surface area contributed by atoms with Crippen LogP contribution in [0, 0.1) is 5.92 Å². The summed E-state index contributed by atoms with van der Waals surface area (Å²) in [6.07, 6.45) is 8.41. The van der Waals surface area contributed by atoms with Crippen LogP contribution in [-0.4, -0.2) is 47.1 Å². The molecule has 162 valence electrons. The van der Waals surface area contributed by atoms with E-state index in [-0.39, 0.29) is 24.3 Å². The molecule has 1 aliphatic heterocycles. The molecular weight excluding hydrogens is 386 g/mol. The fourth-order valence-corrected chi connectivity index (χ4v) is 4.01. The van der Waals surface area contributed by atoms with Gasteiger partial charge in [0.15, 0.2) is 6.29 Å². The van der Waals surface area contributed by atoms with E-state index in [0.717, 1.165) is 62.3 Å². The third kappa shape index (κ3) is 5.37. The van der Waals surface area contributed by atoms with E-state index in [4.69, 9.17) is 18.9 Å². The Kier molecular flexibility index (Phi) is 6.96. The molecule has 0 bridgehead atoms. The van der Waals surface area contributed by atoms with Gasteiger partial charge < -0.3 is 18.9 Å². The van der Waals surface area contributed by atoms with Crippen LogP contribution in [0.2, 0.25) is 0 Å². The zero-order valence-electron chi connectivity index (χ0n) is 17.4. The molecule has 0 N–H and O–H groups in total. The van der Waals surface area contributed by atoms with Gasteiger partial charge in [0.25, 0.3) is 0 Å². The van der Waals surface area contributed by atoms with Gasteiger partial charge >= 0.3 is 5.97 Å². The van der Waals surface area contributed by atoms with E-state index in [2.05, 4.69) is 10.3 Å². The average Bonchev–Trinajstić information content (AvgIpc) is 3.28. The smallest absolute Gasteiger partial charge is 0.308 e. The molecule has 1 aromatic carbocycles. The first-order chi connectivity index (χ1) is 14.7. The predicted octanol–water partition coefficient (Wildman–Crippen LogP) is 3.42. The number of rotatable bonds is 7. The van der Waals surface area contributed by atoms with E-state index >= 15 is 0 Å². The quantitative estimate of drug-likeness (QED) is 0.641. The topological polar surface area (TPSA) is 84.7 Å². The van der Waals surface area contributed by atoms with E-state index in [1.165, 1.54) is 7.11 Å². The first-order valence-electron chi connectivity index (χ1n) is 10.7. The summed E-state index contributed by atoms with van der Waals surface area (Å²) in [7, 11) is 1.44. The lowest BCUT2D eigenvalue weighted by atomic mass is 9.87. The molecule has 3 atom stereocenters. The molecule has 30 heavy (non-hydrogen) atoms. The number of hydrogen-bond acceptors (Lipinski definition) is 7. The van der Waals surface area contributed by atoms with Gasteiger partial charge in [-0.15, -0.1) is 5.10 Å². The highest BCUT2D eigenvalue weighted by Crippen LogP contribution is 2.29. The van der Waals surface area contributed by atoms with Crippen molar-refractivity contribution in [2.75, 3.05) is 13.7 Å². The lowest BCUT2D eigenvalue weighted by molar-refractivity contribution is -0.169. The molecule has 8 nitrogen and oxygen atoms in total. The van der Waals surface area contributed by atoms with E-state index in [1.807, 2.05) is 30.5 Å². The first-order valence-corrected chi connectivity index (χ1v) is 10.7. The Morgan fingerprint density at radius 2 is 2.03 bits per heavy atom. The van der Waals surface area contributed by atoms with Gasteiger partial charge in [-0.25, -0.2) is 4.68 Å². The van der Waals surface area contributed by atoms with Gasteiger partial charge in [0.2, 0.25) is 0 Å². The van der Waals surface area contributed by atoms with E-state index in [9.17, 15) is 4.79 Å². The van der Waals surface area contributed by atoms with Crippen molar-refractivity contribution in [2.24, 2.45) is 5.92 Å². The highest BCUT2D eigenvalue weighted by atomic mass is 16.7. The maximum absolute atomic E-state index is 11.8. The largest absolute Gasteiger partial charge is 0.490 e. The average molecular weight is 415 g/mol. The van der Waals surface area contributed by atoms with Crippen LogP contribution in [-0.2, 0) is 25.6 Å². The molecule has 1 unspecified atom stereocenters. The lowest BCUT2D eigenvalue weighted by Crippen LogP contribution is -2.30. The van der Waals surface area contributed by atoms with Crippen molar-refractivity contribution in [2.45, 2.75) is 63.9 Å². The number of aromatic nitrogens is 3. The van der Waals surface area contributed by atoms with Crippen LogP contribution < -0.4 is 4.74 Å². The van der Waals surface area contributed by atoms with Crippen LogP contribution in [0.5, 0.6) is 5.75 Å². The zero-order chi connectivity index (χ0) is 20.8. The molecule has 1 saturated heterocycles. The SMILES string of the molecule is COC(=O)[C@H]1CCC[C@H](Oc2ccc(-n3cc(COC4CCCCO4)nn3)cc2)C1. The van der Waals surface area contributed by atoms with Gasteiger partial charge in [-0.3, -0.25) is 4.79 Å². The molecule has 2 aliphatic rings. The highest BCUT2D eigenvalue weighted by molar-refractivity contribution is 5.72. The van der Waals surface area contributed by atoms with Gasteiger partial charge in [-0.2, -0.15) is 0 Å². The number of nitrogens with zero attached hydrogens (tertiary/aromatic N) is 3. The van der Waals surface area contributed by atoms with Gasteiger partial charge in [0, 0.05) is 6.61 Å². The minimum atomic E-state index is -0.140. The number of carbonyl (C=O) groups excluding carboxylic acids is 1. The number of benzene rings is 1. The molecule has 1 aromatic heterocycles. The summed E-state index contributed by atoms with van der Waals surface area (Å²) in [5.41, 5.74) is 1.66. The maximum Gasteiger partial charge on any atom is 0.308 e. The highest BCUT2D eigenvalue weighted by Gasteiger charge is 2.29. The molecular formula is C22H29N3O5. The van der Waals surface area contributed by atoms with Crippen molar-refractivity contribution in [3.63, 3.8) is 0 Å². The number of carbonyl (C=O) groups is 1. The summed E-state index contributed by atoms with van der Waals surface area (Å²) in [4.78, 5) is 11.8. The van der Waals surface area contributed by atoms with Crippen LogP contribution >= 0.6 is 0 Å². The summed E-state index contributed by atoms with van der Waals surface area (Å²) in [6.45, 7) is 1.14. The number of methoxy groups -OCH3 is 1. The molecule has 2 fully saturated rings. The number of esters is 1. The second-order valence-electron chi connectivity index (χ2n) is 7.88. The first kappa shape index (κ1) is 20.8. The third-order valence-electron chi connectivity index (χ3n) is 5.66. The van der Waals surface area contributed by atoms with Gasteiger partial charge in [-0.1, -0.05) is 5.21 Å². The Morgan fingerprint density at radius 3 is 2.80 bits per heavy atom. The van der Waals surface area contributed by atoms with Crippen molar-refractivity contribution >= 4 is 5.97 Å². The normalized spacial score (nSPS) is 24.4. The summed E-state index contributed by atoms with van der Waals surface area (Å²) < 4.78 is 24.0. The van der Waals surface area contributed by atoms with Crippen molar-refractivity contribution in [3.8, 4) is 11.4 Å². The molecule has 2 aromatic rings. The summed E-state index contributed by atoms with van der Waals surface area (Å²) in [6, 6.07) is 7.73. The number of hydrogen-bond donors (Lipinski definition) is 0. The second kappa shape index (κ2) is 10.0. The molecule has 0 amide bonds. The standard InChI is InChI=1S/C22H29N3O5/c1-27-22(26)16-5-4-6-20(13-16)30-19-10-8-18(9-11-19)25-14-17(23-24-25)15-29-21-7-2-3-12-28-21/h8-11,14,16,20-21H,2-7,12-13,15H2,1H3/t16-,20-,21?/m0/s1. The molecule has 8 heteroatoms. The van der Waals surface area contributed by atoms with Crippen molar-refractivity contribution in [3.05, 3.63) is 36.2 Å². The third-order valence-corrected chi connectivity index (χ3v) is 5.66. The molecule has 1 saturated carbocycles. The predicted molar refractivity (Wildman–Crippen MR) is 108 cm³/mol. The monoisotopic (exact) mass is 415 g/mol. The van der Waals surface area contributed by atoms with E-state index < -0.39 is 0 Å². The molecule has 0 radical (unpaired) electrons. The van der Waals surface area contributed by atoms with Crippen molar-refractivity contribution in [1.29, 1.82) is 0 Å². The van der Waals surface area contributed by atoms with Crippen LogP contribution in [0.15, 0.2) is 30.5 Å². The Bertz CT molecular complexity index is 816. The Hall–Kier alpha value is -2.45. The summed E-state index contributed by atoms with van der Waals surface area (Å²) in [5.74, 6) is 0.579. The second-order valence-corrected chi connectivity index (χ2v) is 7.88. The van der Waals surface area contributed by atoms with Gasteiger partial charge in [0.05, 0.1) is 37.6 Å². The van der Waals surface area contributed by atoms with Gasteiger partial charge in [0.1, 0.15) is 11.4 Å². The van der Waals surface area contributed by atoms with Crippen molar-refractivity contribution in [1.82, 2.24) is 15.0 Å². The number of ether oxygens (including phenoxy) is 4. The van der Waals surface area contributed by atoms with E-state index in [0.29, 0.717) is 13.0 Å². The minimum Gasteiger partial charge on any atom is -0.490 e. The Balaban J connectivity index is 1.30. The minimum absolute atomic E-state index is 0.0332. The van der Waals surface area contributed by atoms with Crippen molar-refractivity contribution < 1.29 is 23.7 Å². The summed E-state index contributed by atoms with van der Waals surface area (Å²) in [5, 5.41) is 8.37. The Morgan fingerprint density at radius 1 is 1.17 bits per heavy atom. The molecule has 1 aliphatic carbocycles. The zero-order valence-corrected chi connectivity index (χ0v) is 17.4. The molecule has 0 spiro atoms. The van der Waals surface area contributed by atoms with E-state index in [1.54, 1.807) is 4.68 Å². The van der Waals surface area contributed by atoms with Crippen LogP contribution in [0.1, 0.15) is 50.6 Å². The summed E-state index contributed by atoms with van der Waals surface area (Å²) >= 11 is 0. The van der Waals surface area contributed by atoms with Gasteiger partial charge in [-0.05, 0) is 69.2 Å². The maximum atomic E-state index is 11.8. The fraction of sp³-hybridized carbons (Fsp3) is 0.591. The lowest BCUT2D eigenvalue weighted by Gasteiger charge is -2.28. The van der Waals surface area contributed by atoms with Crippen LogP contribution in [0.25, 0.3) is 5.69 Å². The van der Waals surface area contributed by atoms with Crippen LogP contribution in [0.3, 0.4) is 0 Å². The Labute approximate surface area is 176 Å². The van der Waals surface area contributed by atoms with Crippen LogP contribution in [0.4, 0.5) is 0 Å². The molecule has 4 rings (SSSR count). The fourth-order valence-electron chi connectivity index (χ4n) is 4.01. The molecule has 2 heterocycles.